The van der Waals surface area contributed by atoms with Crippen LogP contribution in [0.4, 0.5) is 39.4 Å². The first-order chi connectivity index (χ1) is 20.9. The first-order valence-corrected chi connectivity index (χ1v) is 14.1. The number of likely N-dealkylation sites (tertiary alicyclic amines) is 1. The van der Waals surface area contributed by atoms with Gasteiger partial charge in [0.25, 0.3) is 17.6 Å². The SMILES string of the molecule is COc1ccccc1-c1ccc(C(=O)N2CCC(F)(F)CC2)c(N2CCCC(Nc3ccc(C(=O)C(F)(F)F)c(N)n3)C2)n1. The molecule has 1 atom stereocenters. The number of alkyl halides is 5. The summed E-state index contributed by atoms with van der Waals surface area (Å²) in [6.07, 6.45) is -4.58. The van der Waals surface area contributed by atoms with Crippen LogP contribution in [0.1, 0.15) is 46.4 Å². The van der Waals surface area contributed by atoms with Gasteiger partial charge in [0.15, 0.2) is 0 Å². The standard InChI is InChI=1S/C30H31F5N6O3/c1-44-23-7-3-2-6-19(23)22-10-8-21(28(43)40-15-12-29(31,32)13-16-40)27(38-22)41-14-4-5-18(17-41)37-24-11-9-20(26(36)39-24)25(42)30(33,34)35/h2-3,6-11,18H,4-5,12-17H2,1H3,(H3,36,37,39). The maximum absolute atomic E-state index is 13.8. The Kier molecular flexibility index (Phi) is 8.62. The first-order valence-electron chi connectivity index (χ1n) is 14.1. The largest absolute Gasteiger partial charge is 0.496 e. The molecule has 2 fully saturated rings. The van der Waals surface area contributed by atoms with Gasteiger partial charge in [-0.2, -0.15) is 13.2 Å². The highest BCUT2D eigenvalue weighted by Gasteiger charge is 2.41. The zero-order chi connectivity index (χ0) is 31.6. The molecule has 0 spiro atoms. The highest BCUT2D eigenvalue weighted by Crippen LogP contribution is 2.34. The van der Waals surface area contributed by atoms with Crippen molar-refractivity contribution in [2.75, 3.05) is 49.2 Å². The van der Waals surface area contributed by atoms with Gasteiger partial charge in [0.1, 0.15) is 23.2 Å². The van der Waals surface area contributed by atoms with Crippen LogP contribution in [0.2, 0.25) is 0 Å². The van der Waals surface area contributed by atoms with Gasteiger partial charge in [0.05, 0.1) is 23.9 Å². The van der Waals surface area contributed by atoms with Crippen LogP contribution in [0.25, 0.3) is 11.3 Å². The molecule has 2 aliphatic heterocycles. The first kappa shape index (κ1) is 31.0. The van der Waals surface area contributed by atoms with Gasteiger partial charge >= 0.3 is 6.18 Å². The topological polar surface area (TPSA) is 114 Å². The number of ketones is 1. The third-order valence-corrected chi connectivity index (χ3v) is 7.77. The minimum atomic E-state index is -5.08. The Morgan fingerprint density at radius 3 is 2.39 bits per heavy atom. The van der Waals surface area contributed by atoms with E-state index >= 15 is 0 Å². The molecule has 44 heavy (non-hydrogen) atoms. The molecule has 14 heteroatoms. The number of rotatable bonds is 7. The number of nitrogens with two attached hydrogens (primary N) is 1. The van der Waals surface area contributed by atoms with E-state index in [4.69, 9.17) is 15.5 Å². The highest BCUT2D eigenvalue weighted by atomic mass is 19.4. The second-order valence-electron chi connectivity index (χ2n) is 10.8. The summed E-state index contributed by atoms with van der Waals surface area (Å²) in [4.78, 5) is 37.5. The second kappa shape index (κ2) is 12.2. The van der Waals surface area contributed by atoms with Crippen molar-refractivity contribution in [3.8, 4) is 17.0 Å². The summed E-state index contributed by atoms with van der Waals surface area (Å²) in [6, 6.07) is 12.6. The number of carbonyl (C=O) groups excluding carboxylic acids is 2. The Morgan fingerprint density at radius 2 is 1.70 bits per heavy atom. The average molecular weight is 619 g/mol. The maximum atomic E-state index is 13.8. The number of hydrogen-bond donors (Lipinski definition) is 2. The minimum absolute atomic E-state index is 0.0797. The van der Waals surface area contributed by atoms with Gasteiger partial charge in [-0.3, -0.25) is 9.59 Å². The maximum Gasteiger partial charge on any atom is 0.455 e. The predicted octanol–water partition coefficient (Wildman–Crippen LogP) is 5.43. The molecule has 2 aromatic heterocycles. The second-order valence-corrected chi connectivity index (χ2v) is 10.8. The normalized spacial score (nSPS) is 18.5. The Labute approximate surface area is 250 Å². The van der Waals surface area contributed by atoms with Gasteiger partial charge in [-0.25, -0.2) is 18.7 Å². The molecule has 1 amide bonds. The van der Waals surface area contributed by atoms with E-state index < -0.39 is 48.0 Å². The molecule has 9 nitrogen and oxygen atoms in total. The van der Waals surface area contributed by atoms with Crippen LogP contribution >= 0.6 is 0 Å². The molecule has 4 heterocycles. The van der Waals surface area contributed by atoms with E-state index in [0.29, 0.717) is 48.8 Å². The average Bonchev–Trinajstić information content (AvgIpc) is 3.00. The number of benzene rings is 1. The number of nitrogens with one attached hydrogen (secondary N) is 1. The van der Waals surface area contributed by atoms with Crippen molar-refractivity contribution in [3.63, 3.8) is 0 Å². The van der Waals surface area contributed by atoms with Gasteiger partial charge < -0.3 is 25.6 Å². The number of para-hydroxylation sites is 1. The predicted molar refractivity (Wildman–Crippen MR) is 154 cm³/mol. The fraction of sp³-hybridized carbons (Fsp3) is 0.400. The molecule has 5 rings (SSSR count). The molecule has 1 aromatic carbocycles. The monoisotopic (exact) mass is 618 g/mol. The summed E-state index contributed by atoms with van der Waals surface area (Å²) in [5.74, 6) is -4.69. The van der Waals surface area contributed by atoms with E-state index in [2.05, 4.69) is 10.3 Å². The Hall–Kier alpha value is -4.49. The third-order valence-electron chi connectivity index (χ3n) is 7.77. The Morgan fingerprint density at radius 1 is 1.00 bits per heavy atom. The minimum Gasteiger partial charge on any atom is -0.496 e. The molecule has 0 bridgehead atoms. The van der Waals surface area contributed by atoms with Crippen molar-refractivity contribution in [3.05, 3.63) is 59.7 Å². The zero-order valence-electron chi connectivity index (χ0n) is 23.8. The molecule has 2 saturated heterocycles. The molecule has 0 radical (unpaired) electrons. The van der Waals surface area contributed by atoms with E-state index in [1.807, 2.05) is 23.1 Å². The number of anilines is 3. The summed E-state index contributed by atoms with van der Waals surface area (Å²) in [5, 5.41) is 3.16. The number of aromatic nitrogens is 2. The lowest BCUT2D eigenvalue weighted by Gasteiger charge is -2.36. The van der Waals surface area contributed by atoms with Crippen LogP contribution in [-0.4, -0.2) is 78.0 Å². The number of ether oxygens (including phenoxy) is 1. The molecular weight excluding hydrogens is 587 g/mol. The van der Waals surface area contributed by atoms with Gasteiger partial charge in [-0.1, -0.05) is 12.1 Å². The lowest BCUT2D eigenvalue weighted by Crippen LogP contribution is -2.45. The number of amides is 1. The third kappa shape index (κ3) is 6.68. The fourth-order valence-electron chi connectivity index (χ4n) is 5.47. The van der Waals surface area contributed by atoms with Crippen molar-refractivity contribution in [2.24, 2.45) is 0 Å². The lowest BCUT2D eigenvalue weighted by atomic mass is 10.0. The number of methoxy groups -OCH3 is 1. The number of Topliss-reactive ketones (excluding diaryl/α,β-unsaturated/α-hetero) is 1. The molecule has 3 N–H and O–H groups in total. The number of carbonyl (C=O) groups is 2. The summed E-state index contributed by atoms with van der Waals surface area (Å²) in [5.41, 5.74) is 6.48. The van der Waals surface area contributed by atoms with E-state index in [1.54, 1.807) is 18.2 Å². The van der Waals surface area contributed by atoms with Crippen LogP contribution < -0.4 is 20.7 Å². The quantitative estimate of drug-likeness (QED) is 0.266. The number of nitrogens with zero attached hydrogens (tertiary/aromatic N) is 4. The summed E-state index contributed by atoms with van der Waals surface area (Å²) in [6.45, 7) is 0.715. The van der Waals surface area contributed by atoms with E-state index in [0.717, 1.165) is 6.07 Å². The van der Waals surface area contributed by atoms with Crippen LogP contribution in [0.15, 0.2) is 48.5 Å². The number of piperidine rings is 2. The summed E-state index contributed by atoms with van der Waals surface area (Å²) >= 11 is 0. The summed E-state index contributed by atoms with van der Waals surface area (Å²) in [7, 11) is 1.54. The van der Waals surface area contributed by atoms with E-state index in [1.165, 1.54) is 18.1 Å². The molecule has 2 aliphatic rings. The number of hydrogen-bond acceptors (Lipinski definition) is 8. The Balaban J connectivity index is 1.43. The van der Waals surface area contributed by atoms with Crippen molar-refractivity contribution >= 4 is 29.1 Å². The van der Waals surface area contributed by atoms with Crippen LogP contribution in [0.5, 0.6) is 5.75 Å². The fourth-order valence-corrected chi connectivity index (χ4v) is 5.47. The van der Waals surface area contributed by atoms with Crippen molar-refractivity contribution in [1.82, 2.24) is 14.9 Å². The number of nitrogen functional groups attached to an aromatic ring is 1. The smallest absolute Gasteiger partial charge is 0.455 e. The van der Waals surface area contributed by atoms with Gasteiger partial charge in [-0.15, -0.1) is 0 Å². The van der Waals surface area contributed by atoms with Gasteiger partial charge in [0, 0.05) is 50.6 Å². The van der Waals surface area contributed by atoms with Crippen LogP contribution in [-0.2, 0) is 0 Å². The number of halogens is 5. The van der Waals surface area contributed by atoms with E-state index in [9.17, 15) is 31.5 Å². The highest BCUT2D eigenvalue weighted by molar-refractivity contribution is 6.04. The molecule has 1 unspecified atom stereocenters. The van der Waals surface area contributed by atoms with E-state index in [-0.39, 0.29) is 30.5 Å². The van der Waals surface area contributed by atoms with Crippen LogP contribution in [0, 0.1) is 0 Å². The van der Waals surface area contributed by atoms with Gasteiger partial charge in [0.2, 0.25) is 0 Å². The van der Waals surface area contributed by atoms with Crippen molar-refractivity contribution < 1.29 is 36.3 Å². The van der Waals surface area contributed by atoms with Crippen LogP contribution in [0.3, 0.4) is 0 Å². The molecule has 234 valence electrons. The van der Waals surface area contributed by atoms with Crippen molar-refractivity contribution in [1.29, 1.82) is 0 Å². The molecule has 3 aromatic rings. The summed E-state index contributed by atoms with van der Waals surface area (Å²) < 4.78 is 71.8. The Bertz CT molecular complexity index is 1540. The molecular formula is C30H31F5N6O3. The van der Waals surface area contributed by atoms with Gasteiger partial charge in [-0.05, 0) is 49.2 Å². The van der Waals surface area contributed by atoms with Crippen molar-refractivity contribution in [2.45, 2.75) is 43.8 Å². The number of pyridine rings is 2. The lowest BCUT2D eigenvalue weighted by molar-refractivity contribution is -0.0884. The molecule has 0 saturated carbocycles. The zero-order valence-corrected chi connectivity index (χ0v) is 23.8. The molecule has 0 aliphatic carbocycles.